The topological polar surface area (TPSA) is 38.3 Å². The molecule has 0 aromatic heterocycles. The minimum Gasteiger partial charge on any atom is -0.484 e. The summed E-state index contributed by atoms with van der Waals surface area (Å²) in [5, 5.41) is 2.92. The van der Waals surface area contributed by atoms with Crippen molar-refractivity contribution in [3.63, 3.8) is 0 Å². The summed E-state index contributed by atoms with van der Waals surface area (Å²) in [6, 6.07) is 12.6. The van der Waals surface area contributed by atoms with Crippen LogP contribution in [0.15, 0.2) is 40.9 Å². The SMILES string of the molecule is Cc1cc(OCC(=O)NCCCc2ccc(C(C)C)cc2)cc(C)c1Br. The van der Waals surface area contributed by atoms with Gasteiger partial charge in [0, 0.05) is 11.0 Å². The van der Waals surface area contributed by atoms with Gasteiger partial charge in [-0.2, -0.15) is 0 Å². The van der Waals surface area contributed by atoms with Crippen molar-refractivity contribution in [2.24, 2.45) is 0 Å². The van der Waals surface area contributed by atoms with Crippen LogP contribution < -0.4 is 10.1 Å². The Morgan fingerprint density at radius 2 is 1.73 bits per heavy atom. The summed E-state index contributed by atoms with van der Waals surface area (Å²) < 4.78 is 6.68. The number of carbonyl (C=O) groups excluding carboxylic acids is 1. The van der Waals surface area contributed by atoms with Crippen molar-refractivity contribution in [3.05, 3.63) is 63.1 Å². The molecule has 1 N–H and O–H groups in total. The summed E-state index contributed by atoms with van der Waals surface area (Å²) in [5.74, 6) is 1.20. The van der Waals surface area contributed by atoms with Gasteiger partial charge in [0.15, 0.2) is 6.61 Å². The second-order valence-corrected chi connectivity index (χ2v) is 7.80. The molecule has 0 aliphatic carbocycles. The van der Waals surface area contributed by atoms with Gasteiger partial charge in [0.2, 0.25) is 0 Å². The Morgan fingerprint density at radius 3 is 2.31 bits per heavy atom. The van der Waals surface area contributed by atoms with Crippen LogP contribution in [0.2, 0.25) is 0 Å². The molecule has 2 aromatic rings. The van der Waals surface area contributed by atoms with Gasteiger partial charge >= 0.3 is 0 Å². The van der Waals surface area contributed by atoms with E-state index in [-0.39, 0.29) is 12.5 Å². The lowest BCUT2D eigenvalue weighted by Crippen LogP contribution is -2.29. The largest absolute Gasteiger partial charge is 0.484 e. The maximum absolute atomic E-state index is 11.9. The highest BCUT2D eigenvalue weighted by Gasteiger charge is 2.06. The Balaban J connectivity index is 1.69. The Bertz CT molecular complexity index is 715. The minimum absolute atomic E-state index is 0.0452. The van der Waals surface area contributed by atoms with Crippen molar-refractivity contribution >= 4 is 21.8 Å². The zero-order valence-corrected chi connectivity index (χ0v) is 17.7. The number of carbonyl (C=O) groups is 1. The molecule has 0 unspecified atom stereocenters. The number of nitrogens with one attached hydrogen (secondary N) is 1. The third kappa shape index (κ3) is 6.17. The molecule has 3 nitrogen and oxygen atoms in total. The van der Waals surface area contributed by atoms with Gasteiger partial charge in [-0.15, -0.1) is 0 Å². The Morgan fingerprint density at radius 1 is 1.12 bits per heavy atom. The molecule has 0 radical (unpaired) electrons. The van der Waals surface area contributed by atoms with Crippen molar-refractivity contribution in [1.82, 2.24) is 5.32 Å². The number of hydrogen-bond donors (Lipinski definition) is 1. The van der Waals surface area contributed by atoms with Crippen molar-refractivity contribution in [2.45, 2.75) is 46.5 Å². The molecule has 1 amide bonds. The van der Waals surface area contributed by atoms with Gasteiger partial charge in [-0.3, -0.25) is 4.79 Å². The predicted molar refractivity (Wildman–Crippen MR) is 111 cm³/mol. The average molecular weight is 418 g/mol. The van der Waals surface area contributed by atoms with Crippen LogP contribution in [-0.2, 0) is 11.2 Å². The molecule has 0 heterocycles. The number of benzene rings is 2. The Labute approximate surface area is 165 Å². The van der Waals surface area contributed by atoms with E-state index in [1.807, 2.05) is 26.0 Å². The fraction of sp³-hybridized carbons (Fsp3) is 0.409. The van der Waals surface area contributed by atoms with Crippen molar-refractivity contribution in [1.29, 1.82) is 0 Å². The molecule has 2 rings (SSSR count). The molecule has 0 aliphatic rings. The Kier molecular flexibility index (Phi) is 7.70. The molecular formula is C22H28BrNO2. The van der Waals surface area contributed by atoms with E-state index in [0.29, 0.717) is 12.5 Å². The molecule has 0 saturated heterocycles. The highest BCUT2D eigenvalue weighted by Crippen LogP contribution is 2.26. The molecule has 0 saturated carbocycles. The quantitative estimate of drug-likeness (QED) is 0.590. The van der Waals surface area contributed by atoms with Crippen LogP contribution in [0.5, 0.6) is 5.75 Å². The molecule has 26 heavy (non-hydrogen) atoms. The number of aryl methyl sites for hydroxylation is 3. The highest BCUT2D eigenvalue weighted by atomic mass is 79.9. The predicted octanol–water partition coefficient (Wildman–Crippen LogP) is 5.32. The average Bonchev–Trinajstić information content (AvgIpc) is 2.61. The van der Waals surface area contributed by atoms with Crippen molar-refractivity contribution in [2.75, 3.05) is 13.2 Å². The maximum Gasteiger partial charge on any atom is 0.257 e. The van der Waals surface area contributed by atoms with Crippen molar-refractivity contribution < 1.29 is 9.53 Å². The fourth-order valence-electron chi connectivity index (χ4n) is 2.78. The minimum atomic E-state index is -0.0848. The van der Waals surface area contributed by atoms with Gasteiger partial charge < -0.3 is 10.1 Å². The van der Waals surface area contributed by atoms with Crippen LogP contribution in [0, 0.1) is 13.8 Å². The van der Waals surface area contributed by atoms with Gasteiger partial charge in [0.25, 0.3) is 5.91 Å². The summed E-state index contributed by atoms with van der Waals surface area (Å²) in [6.07, 6.45) is 1.88. The molecule has 140 valence electrons. The number of rotatable bonds is 8. The number of hydrogen-bond acceptors (Lipinski definition) is 2. The molecule has 0 atom stereocenters. The van der Waals surface area contributed by atoms with Gasteiger partial charge in [0.1, 0.15) is 5.75 Å². The summed E-state index contributed by atoms with van der Waals surface area (Å²) in [4.78, 5) is 11.9. The zero-order chi connectivity index (χ0) is 19.1. The first-order valence-corrected chi connectivity index (χ1v) is 9.91. The first-order chi connectivity index (χ1) is 12.4. The molecule has 0 fully saturated rings. The highest BCUT2D eigenvalue weighted by molar-refractivity contribution is 9.10. The summed E-state index contributed by atoms with van der Waals surface area (Å²) in [6.45, 7) is 9.12. The van der Waals surface area contributed by atoms with E-state index in [1.54, 1.807) is 0 Å². The van der Waals surface area contributed by atoms with E-state index in [4.69, 9.17) is 4.74 Å². The second-order valence-electron chi connectivity index (χ2n) is 7.01. The van der Waals surface area contributed by atoms with E-state index in [9.17, 15) is 4.79 Å². The van der Waals surface area contributed by atoms with E-state index >= 15 is 0 Å². The molecule has 4 heteroatoms. The first kappa shape index (κ1) is 20.5. The Hall–Kier alpha value is -1.81. The van der Waals surface area contributed by atoms with Gasteiger partial charge in [0.05, 0.1) is 0 Å². The smallest absolute Gasteiger partial charge is 0.257 e. The van der Waals surface area contributed by atoms with Crippen LogP contribution in [0.1, 0.15) is 48.4 Å². The van der Waals surface area contributed by atoms with Gasteiger partial charge in [-0.25, -0.2) is 0 Å². The summed E-state index contributed by atoms with van der Waals surface area (Å²) in [5.41, 5.74) is 4.87. The first-order valence-electron chi connectivity index (χ1n) is 9.12. The van der Waals surface area contributed by atoms with E-state index in [1.165, 1.54) is 11.1 Å². The van der Waals surface area contributed by atoms with E-state index < -0.39 is 0 Å². The van der Waals surface area contributed by atoms with E-state index in [0.717, 1.165) is 34.2 Å². The third-order valence-electron chi connectivity index (χ3n) is 4.39. The number of amides is 1. The molecular weight excluding hydrogens is 390 g/mol. The van der Waals surface area contributed by atoms with Crippen LogP contribution >= 0.6 is 15.9 Å². The second kappa shape index (κ2) is 9.77. The van der Waals surface area contributed by atoms with Crippen LogP contribution in [0.25, 0.3) is 0 Å². The normalized spacial score (nSPS) is 10.8. The maximum atomic E-state index is 11.9. The van der Waals surface area contributed by atoms with Crippen LogP contribution in [0.3, 0.4) is 0 Å². The van der Waals surface area contributed by atoms with Gasteiger partial charge in [-0.05, 0) is 67.0 Å². The standard InChI is InChI=1S/C22H28BrNO2/c1-15(2)19-9-7-18(8-10-19)6-5-11-24-21(25)14-26-20-12-16(3)22(23)17(4)13-20/h7-10,12-13,15H,5-6,11,14H2,1-4H3,(H,24,25). The summed E-state index contributed by atoms with van der Waals surface area (Å²) in [7, 11) is 0. The van der Waals surface area contributed by atoms with Gasteiger partial charge in [-0.1, -0.05) is 54.0 Å². The third-order valence-corrected chi connectivity index (χ3v) is 5.64. The van der Waals surface area contributed by atoms with E-state index in [2.05, 4.69) is 59.4 Å². The lowest BCUT2D eigenvalue weighted by molar-refractivity contribution is -0.123. The number of ether oxygens (including phenoxy) is 1. The lowest BCUT2D eigenvalue weighted by atomic mass is 10.0. The summed E-state index contributed by atoms with van der Waals surface area (Å²) >= 11 is 3.53. The molecule has 0 bridgehead atoms. The van der Waals surface area contributed by atoms with Crippen LogP contribution in [-0.4, -0.2) is 19.1 Å². The van der Waals surface area contributed by atoms with Crippen molar-refractivity contribution in [3.8, 4) is 5.75 Å². The van der Waals surface area contributed by atoms with Crippen LogP contribution in [0.4, 0.5) is 0 Å². The number of halogens is 1. The lowest BCUT2D eigenvalue weighted by Gasteiger charge is -2.11. The molecule has 0 aliphatic heterocycles. The zero-order valence-electron chi connectivity index (χ0n) is 16.1. The monoisotopic (exact) mass is 417 g/mol. The molecule has 0 spiro atoms. The fourth-order valence-corrected chi connectivity index (χ4v) is 3.01. The molecule has 2 aromatic carbocycles.